The van der Waals surface area contributed by atoms with Crippen molar-refractivity contribution >= 4 is 0 Å². The Balaban J connectivity index is 2.42. The molecule has 90 valence electrons. The Morgan fingerprint density at radius 2 is 2.00 bits per heavy atom. The predicted octanol–water partition coefficient (Wildman–Crippen LogP) is 1.01. The average molecular weight is 213 g/mol. The van der Waals surface area contributed by atoms with Gasteiger partial charge in [-0.3, -0.25) is 4.90 Å². The van der Waals surface area contributed by atoms with Crippen LogP contribution in [-0.4, -0.2) is 62.7 Å². The van der Waals surface area contributed by atoms with Crippen molar-refractivity contribution in [2.75, 3.05) is 46.8 Å². The number of likely N-dealkylation sites (N-methyl/N-ethyl adjacent to an activating group) is 2. The van der Waals surface area contributed by atoms with Crippen molar-refractivity contribution in [2.24, 2.45) is 0 Å². The van der Waals surface area contributed by atoms with E-state index >= 15 is 0 Å². The van der Waals surface area contributed by atoms with E-state index in [1.54, 1.807) is 0 Å². The molecule has 1 fully saturated rings. The Kier molecular flexibility index (Phi) is 6.22. The molecule has 0 amide bonds. The zero-order valence-electron chi connectivity index (χ0n) is 10.6. The van der Waals surface area contributed by atoms with Gasteiger partial charge in [-0.15, -0.1) is 0 Å². The molecule has 1 N–H and O–H groups in total. The first-order valence-electron chi connectivity index (χ1n) is 6.35. The Hall–Kier alpha value is -0.120. The summed E-state index contributed by atoms with van der Waals surface area (Å²) in [4.78, 5) is 5.12. The molecule has 0 radical (unpaired) electrons. The second kappa shape index (κ2) is 7.20. The van der Waals surface area contributed by atoms with Gasteiger partial charge in [0.05, 0.1) is 0 Å². The third kappa shape index (κ3) is 4.49. The summed E-state index contributed by atoms with van der Waals surface area (Å²) in [7, 11) is 4.29. The molecule has 0 aromatic carbocycles. The van der Waals surface area contributed by atoms with E-state index in [1.165, 1.54) is 45.4 Å². The summed E-state index contributed by atoms with van der Waals surface area (Å²) < 4.78 is 0. The maximum absolute atomic E-state index is 3.33. The molecule has 0 spiro atoms. The fourth-order valence-electron chi connectivity index (χ4n) is 2.41. The highest BCUT2D eigenvalue weighted by atomic mass is 15.2. The molecule has 1 saturated heterocycles. The van der Waals surface area contributed by atoms with Crippen molar-refractivity contribution in [3.8, 4) is 0 Å². The van der Waals surface area contributed by atoms with Crippen LogP contribution in [0.2, 0.25) is 0 Å². The van der Waals surface area contributed by atoms with Crippen molar-refractivity contribution in [1.29, 1.82) is 0 Å². The van der Waals surface area contributed by atoms with Crippen LogP contribution in [0.15, 0.2) is 0 Å². The van der Waals surface area contributed by atoms with E-state index in [1.807, 2.05) is 0 Å². The van der Waals surface area contributed by atoms with E-state index in [-0.39, 0.29) is 0 Å². The van der Waals surface area contributed by atoms with Crippen molar-refractivity contribution in [3.05, 3.63) is 0 Å². The van der Waals surface area contributed by atoms with Crippen LogP contribution < -0.4 is 5.32 Å². The predicted molar refractivity (Wildman–Crippen MR) is 66.3 cm³/mol. The van der Waals surface area contributed by atoms with Gasteiger partial charge in [0.2, 0.25) is 0 Å². The number of rotatable bonds is 5. The maximum Gasteiger partial charge on any atom is 0.0220 e. The molecule has 0 aliphatic carbocycles. The Morgan fingerprint density at radius 1 is 1.20 bits per heavy atom. The Morgan fingerprint density at radius 3 is 2.67 bits per heavy atom. The van der Waals surface area contributed by atoms with E-state index in [0.29, 0.717) is 0 Å². The second-order valence-corrected chi connectivity index (χ2v) is 4.69. The van der Waals surface area contributed by atoms with Crippen LogP contribution in [0.1, 0.15) is 26.2 Å². The zero-order valence-corrected chi connectivity index (χ0v) is 10.6. The molecule has 1 unspecified atom stereocenters. The molecule has 1 heterocycles. The van der Waals surface area contributed by atoms with Crippen LogP contribution >= 0.6 is 0 Å². The molecule has 3 heteroatoms. The lowest BCUT2D eigenvalue weighted by Crippen LogP contribution is -2.43. The smallest absolute Gasteiger partial charge is 0.0220 e. The monoisotopic (exact) mass is 213 g/mol. The number of hydrogen-bond acceptors (Lipinski definition) is 3. The summed E-state index contributed by atoms with van der Waals surface area (Å²) in [6.45, 7) is 8.42. The number of nitrogens with zero attached hydrogens (tertiary/aromatic N) is 2. The van der Waals surface area contributed by atoms with E-state index < -0.39 is 0 Å². The average Bonchev–Trinajstić information content (AvgIpc) is 2.43. The summed E-state index contributed by atoms with van der Waals surface area (Å²) in [5, 5.41) is 3.33. The minimum Gasteiger partial charge on any atom is -0.318 e. The fourth-order valence-corrected chi connectivity index (χ4v) is 2.41. The molecule has 0 saturated carbocycles. The summed E-state index contributed by atoms with van der Waals surface area (Å²) >= 11 is 0. The number of nitrogens with one attached hydrogen (secondary N) is 1. The molecule has 15 heavy (non-hydrogen) atoms. The highest BCUT2D eigenvalue weighted by molar-refractivity contribution is 4.76. The van der Waals surface area contributed by atoms with Gasteiger partial charge in [-0.1, -0.05) is 13.3 Å². The van der Waals surface area contributed by atoms with Gasteiger partial charge in [0, 0.05) is 25.7 Å². The summed E-state index contributed by atoms with van der Waals surface area (Å²) in [6.07, 6.45) is 3.93. The lowest BCUT2D eigenvalue weighted by Gasteiger charge is -2.30. The third-order valence-corrected chi connectivity index (χ3v) is 3.33. The van der Waals surface area contributed by atoms with Gasteiger partial charge in [0.25, 0.3) is 0 Å². The summed E-state index contributed by atoms with van der Waals surface area (Å²) in [5.74, 6) is 0. The highest BCUT2D eigenvalue weighted by Crippen LogP contribution is 2.10. The molecular formula is C12H27N3. The largest absolute Gasteiger partial charge is 0.318 e. The van der Waals surface area contributed by atoms with Crippen LogP contribution in [0, 0.1) is 0 Å². The van der Waals surface area contributed by atoms with Gasteiger partial charge in [-0.05, 0) is 40.0 Å². The molecule has 1 aliphatic rings. The Labute approximate surface area is 94.8 Å². The van der Waals surface area contributed by atoms with E-state index in [9.17, 15) is 0 Å². The molecule has 0 bridgehead atoms. The van der Waals surface area contributed by atoms with E-state index in [4.69, 9.17) is 0 Å². The normalized spacial score (nSPS) is 22.6. The SMILES string of the molecule is CCCC(CNC)N1CCCN(C)CC1. The fraction of sp³-hybridized carbons (Fsp3) is 1.00. The minimum absolute atomic E-state index is 0.742. The van der Waals surface area contributed by atoms with Gasteiger partial charge in [-0.25, -0.2) is 0 Å². The Bertz CT molecular complexity index is 155. The van der Waals surface area contributed by atoms with Crippen molar-refractivity contribution in [3.63, 3.8) is 0 Å². The quantitative estimate of drug-likeness (QED) is 0.735. The van der Waals surface area contributed by atoms with Crippen LogP contribution in [0.4, 0.5) is 0 Å². The molecule has 1 rings (SSSR count). The molecule has 0 aromatic heterocycles. The maximum atomic E-state index is 3.33. The summed E-state index contributed by atoms with van der Waals surface area (Å²) in [6, 6.07) is 0.742. The van der Waals surface area contributed by atoms with Crippen LogP contribution in [-0.2, 0) is 0 Å². The van der Waals surface area contributed by atoms with Crippen LogP contribution in [0.25, 0.3) is 0 Å². The first kappa shape index (κ1) is 12.9. The van der Waals surface area contributed by atoms with E-state index in [0.717, 1.165) is 12.6 Å². The molecule has 1 atom stereocenters. The zero-order chi connectivity index (χ0) is 11.1. The van der Waals surface area contributed by atoms with Crippen LogP contribution in [0.5, 0.6) is 0 Å². The van der Waals surface area contributed by atoms with Gasteiger partial charge in [0.15, 0.2) is 0 Å². The molecule has 3 nitrogen and oxygen atoms in total. The first-order chi connectivity index (χ1) is 7.27. The first-order valence-corrected chi connectivity index (χ1v) is 6.35. The molecule has 1 aliphatic heterocycles. The van der Waals surface area contributed by atoms with Gasteiger partial charge < -0.3 is 10.2 Å². The standard InChI is InChI=1S/C12H27N3/c1-4-6-12(11-13-2)15-8-5-7-14(3)9-10-15/h12-13H,4-11H2,1-3H3. The third-order valence-electron chi connectivity index (χ3n) is 3.33. The highest BCUT2D eigenvalue weighted by Gasteiger charge is 2.19. The molecule has 0 aromatic rings. The minimum atomic E-state index is 0.742. The van der Waals surface area contributed by atoms with Gasteiger partial charge in [0.1, 0.15) is 0 Å². The topological polar surface area (TPSA) is 18.5 Å². The summed E-state index contributed by atoms with van der Waals surface area (Å²) in [5.41, 5.74) is 0. The van der Waals surface area contributed by atoms with Crippen molar-refractivity contribution in [1.82, 2.24) is 15.1 Å². The van der Waals surface area contributed by atoms with Crippen molar-refractivity contribution in [2.45, 2.75) is 32.2 Å². The van der Waals surface area contributed by atoms with E-state index in [2.05, 4.69) is 36.1 Å². The van der Waals surface area contributed by atoms with Gasteiger partial charge >= 0.3 is 0 Å². The van der Waals surface area contributed by atoms with Crippen LogP contribution in [0.3, 0.4) is 0 Å². The van der Waals surface area contributed by atoms with Gasteiger partial charge in [-0.2, -0.15) is 0 Å². The molecular weight excluding hydrogens is 186 g/mol. The van der Waals surface area contributed by atoms with Crippen molar-refractivity contribution < 1.29 is 0 Å². The lowest BCUT2D eigenvalue weighted by atomic mass is 10.1. The second-order valence-electron chi connectivity index (χ2n) is 4.69. The lowest BCUT2D eigenvalue weighted by molar-refractivity contribution is 0.189. The number of hydrogen-bond donors (Lipinski definition) is 1.